The molecule has 1 aliphatic carbocycles. The number of piperazine rings is 1. The van der Waals surface area contributed by atoms with Crippen molar-refractivity contribution in [2.24, 2.45) is 17.8 Å². The van der Waals surface area contributed by atoms with Crippen molar-refractivity contribution in [1.82, 2.24) is 14.8 Å². The second-order valence-electron chi connectivity index (χ2n) is 7.83. The van der Waals surface area contributed by atoms with Crippen LogP contribution in [0.3, 0.4) is 0 Å². The molecule has 0 bridgehead atoms. The van der Waals surface area contributed by atoms with Crippen molar-refractivity contribution in [2.75, 3.05) is 44.2 Å². The predicted molar refractivity (Wildman–Crippen MR) is 104 cm³/mol. The molecule has 3 heterocycles. The van der Waals surface area contributed by atoms with Crippen molar-refractivity contribution in [1.29, 1.82) is 0 Å². The third-order valence-corrected chi connectivity index (χ3v) is 6.47. The van der Waals surface area contributed by atoms with Crippen LogP contribution in [0.1, 0.15) is 0 Å². The number of H-pyrrole nitrogens is 1. The largest absolute Gasteiger partial charge is 0.367 e. The smallest absolute Gasteiger partial charge is 0.245 e. The molecule has 0 radical (unpaired) electrons. The Hall–Kier alpha value is -2.76. The first-order chi connectivity index (χ1) is 13.2. The van der Waals surface area contributed by atoms with Gasteiger partial charge in [-0.1, -0.05) is 12.6 Å². The first-order valence-electron chi connectivity index (χ1n) is 9.68. The fraction of sp³-hybridized carbons (Fsp3) is 0.429. The van der Waals surface area contributed by atoms with Gasteiger partial charge in [-0.15, -0.1) is 0 Å². The molecule has 1 aromatic carbocycles. The zero-order valence-corrected chi connectivity index (χ0v) is 15.3. The molecule has 1 saturated carbocycles. The van der Waals surface area contributed by atoms with Gasteiger partial charge >= 0.3 is 0 Å². The molecular formula is C21H24N4O2. The molecule has 6 heteroatoms. The predicted octanol–water partition coefficient (Wildman–Crippen LogP) is 1.71. The normalized spacial score (nSPS) is 27.0. The van der Waals surface area contributed by atoms with E-state index in [1.54, 1.807) is 0 Å². The highest BCUT2D eigenvalue weighted by Crippen LogP contribution is 2.52. The number of amides is 2. The molecule has 1 N–H and O–H groups in total. The minimum absolute atomic E-state index is 0.0130. The van der Waals surface area contributed by atoms with Crippen LogP contribution in [0, 0.1) is 17.8 Å². The van der Waals surface area contributed by atoms with E-state index in [9.17, 15) is 9.59 Å². The fourth-order valence-corrected chi connectivity index (χ4v) is 4.92. The lowest BCUT2D eigenvalue weighted by molar-refractivity contribution is -0.135. The van der Waals surface area contributed by atoms with Crippen LogP contribution in [0.5, 0.6) is 0 Å². The zero-order chi connectivity index (χ0) is 18.5. The number of benzene rings is 1. The molecule has 6 nitrogen and oxygen atoms in total. The number of nitrogens with zero attached hydrogens (tertiary/aromatic N) is 3. The maximum atomic E-state index is 12.9. The standard InChI is InChI=1S/C21H24N4O2/c1-2-19(26)25-12-15-16(13-25)20(15)21(27)24-10-8-23(9-11-24)18-5-3-4-17-14(18)6-7-22-17/h2-7,15-16,20,22H,1,8-13H2/t15-,16+,20?. The van der Waals surface area contributed by atoms with Crippen LogP contribution in [-0.4, -0.2) is 65.9 Å². The summed E-state index contributed by atoms with van der Waals surface area (Å²) in [5.41, 5.74) is 2.39. The van der Waals surface area contributed by atoms with Crippen LogP contribution >= 0.6 is 0 Å². The molecule has 5 rings (SSSR count). The van der Waals surface area contributed by atoms with Gasteiger partial charge in [0, 0.05) is 68.0 Å². The number of likely N-dealkylation sites (tertiary alicyclic amines) is 1. The van der Waals surface area contributed by atoms with Crippen molar-refractivity contribution >= 4 is 28.4 Å². The van der Waals surface area contributed by atoms with Gasteiger partial charge in [0.15, 0.2) is 0 Å². The number of carbonyl (C=O) groups is 2. The first kappa shape index (κ1) is 16.4. The van der Waals surface area contributed by atoms with Gasteiger partial charge in [-0.3, -0.25) is 9.59 Å². The summed E-state index contributed by atoms with van der Waals surface area (Å²) in [6.07, 6.45) is 3.34. The van der Waals surface area contributed by atoms with Gasteiger partial charge < -0.3 is 19.7 Å². The lowest BCUT2D eigenvalue weighted by Gasteiger charge is -2.37. The van der Waals surface area contributed by atoms with Gasteiger partial charge in [0.25, 0.3) is 0 Å². The summed E-state index contributed by atoms with van der Waals surface area (Å²) >= 11 is 0. The molecule has 2 aromatic rings. The molecule has 2 amide bonds. The number of aromatic nitrogens is 1. The van der Waals surface area contributed by atoms with Gasteiger partial charge in [-0.05, 0) is 36.1 Å². The zero-order valence-electron chi connectivity index (χ0n) is 15.3. The summed E-state index contributed by atoms with van der Waals surface area (Å²) in [7, 11) is 0. The van der Waals surface area contributed by atoms with Gasteiger partial charge in [0.1, 0.15) is 0 Å². The van der Waals surface area contributed by atoms with Crippen LogP contribution in [0.4, 0.5) is 5.69 Å². The average Bonchev–Trinajstić information content (AvgIpc) is 3.07. The average molecular weight is 364 g/mol. The minimum Gasteiger partial charge on any atom is -0.367 e. The summed E-state index contributed by atoms with van der Waals surface area (Å²) in [5.74, 6) is 1.11. The Morgan fingerprint density at radius 2 is 1.78 bits per heavy atom. The van der Waals surface area contributed by atoms with E-state index < -0.39 is 0 Å². The maximum absolute atomic E-state index is 12.9. The summed E-state index contributed by atoms with van der Waals surface area (Å²) in [5, 5.41) is 1.24. The van der Waals surface area contributed by atoms with Gasteiger partial charge in [0.2, 0.25) is 11.8 Å². The molecule has 2 saturated heterocycles. The molecule has 0 spiro atoms. The number of nitrogens with one attached hydrogen (secondary N) is 1. The Balaban J connectivity index is 1.20. The summed E-state index contributed by atoms with van der Waals surface area (Å²) in [6.45, 7) is 8.22. The van der Waals surface area contributed by atoms with Crippen LogP contribution in [0.2, 0.25) is 0 Å². The lowest BCUT2D eigenvalue weighted by Crippen LogP contribution is -2.50. The molecule has 3 atom stereocenters. The number of aromatic amines is 1. The number of anilines is 1. The molecule has 3 aliphatic rings. The van der Waals surface area contributed by atoms with Gasteiger partial charge in [0.05, 0.1) is 0 Å². The van der Waals surface area contributed by atoms with E-state index >= 15 is 0 Å². The molecule has 27 heavy (non-hydrogen) atoms. The second kappa shape index (κ2) is 6.15. The SMILES string of the molecule is C=CC(=O)N1C[C@@H]2C(C(=O)N3CCN(c4cccc5[nH]ccc45)CC3)[C@@H]2C1. The quantitative estimate of drug-likeness (QED) is 0.844. The van der Waals surface area contributed by atoms with E-state index in [1.165, 1.54) is 17.1 Å². The van der Waals surface area contributed by atoms with Gasteiger partial charge in [-0.2, -0.15) is 0 Å². The monoisotopic (exact) mass is 364 g/mol. The maximum Gasteiger partial charge on any atom is 0.245 e. The Kier molecular flexibility index (Phi) is 3.74. The number of hydrogen-bond acceptors (Lipinski definition) is 3. The number of carbonyl (C=O) groups excluding carboxylic acids is 2. The van der Waals surface area contributed by atoms with E-state index in [0.29, 0.717) is 24.9 Å². The fourth-order valence-electron chi connectivity index (χ4n) is 4.92. The highest BCUT2D eigenvalue weighted by Gasteiger charge is 2.60. The Morgan fingerprint density at radius 3 is 2.48 bits per heavy atom. The summed E-state index contributed by atoms with van der Waals surface area (Å²) in [6, 6.07) is 8.44. The highest BCUT2D eigenvalue weighted by molar-refractivity contribution is 5.92. The Labute approximate surface area is 158 Å². The number of fused-ring (bicyclic) bond motifs is 2. The first-order valence-corrected chi connectivity index (χ1v) is 9.68. The number of piperidine rings is 1. The second-order valence-corrected chi connectivity index (χ2v) is 7.83. The van der Waals surface area contributed by atoms with E-state index in [4.69, 9.17) is 0 Å². The third-order valence-electron chi connectivity index (χ3n) is 6.47. The van der Waals surface area contributed by atoms with Crippen LogP contribution in [0.15, 0.2) is 43.1 Å². The van der Waals surface area contributed by atoms with Crippen LogP contribution < -0.4 is 4.90 Å². The van der Waals surface area contributed by atoms with E-state index in [0.717, 1.165) is 31.7 Å². The van der Waals surface area contributed by atoms with Crippen molar-refractivity contribution in [2.45, 2.75) is 0 Å². The molecule has 140 valence electrons. The molecular weight excluding hydrogens is 340 g/mol. The van der Waals surface area contributed by atoms with E-state index in [-0.39, 0.29) is 17.7 Å². The molecule has 1 aromatic heterocycles. The third kappa shape index (κ3) is 2.62. The minimum atomic E-state index is -0.0130. The Morgan fingerprint density at radius 1 is 1.04 bits per heavy atom. The number of hydrogen-bond donors (Lipinski definition) is 1. The van der Waals surface area contributed by atoms with Crippen molar-refractivity contribution in [3.05, 3.63) is 43.1 Å². The van der Waals surface area contributed by atoms with Crippen LogP contribution in [-0.2, 0) is 9.59 Å². The summed E-state index contributed by atoms with van der Waals surface area (Å²) in [4.78, 5) is 34.1. The highest BCUT2D eigenvalue weighted by atomic mass is 16.2. The van der Waals surface area contributed by atoms with E-state index in [1.807, 2.05) is 16.0 Å². The molecule has 1 unspecified atom stereocenters. The van der Waals surface area contributed by atoms with Gasteiger partial charge in [-0.25, -0.2) is 0 Å². The van der Waals surface area contributed by atoms with E-state index in [2.05, 4.69) is 40.7 Å². The Bertz CT molecular complexity index is 900. The topological polar surface area (TPSA) is 59.7 Å². The van der Waals surface area contributed by atoms with Crippen molar-refractivity contribution < 1.29 is 9.59 Å². The summed E-state index contributed by atoms with van der Waals surface area (Å²) < 4.78 is 0. The van der Waals surface area contributed by atoms with Crippen LogP contribution in [0.25, 0.3) is 10.9 Å². The van der Waals surface area contributed by atoms with Crippen molar-refractivity contribution in [3.8, 4) is 0 Å². The lowest BCUT2D eigenvalue weighted by atomic mass is 10.1. The number of rotatable bonds is 3. The molecule has 2 aliphatic heterocycles. The molecule has 3 fully saturated rings. The van der Waals surface area contributed by atoms with Crippen molar-refractivity contribution in [3.63, 3.8) is 0 Å².